The number of primary amides is 1. The van der Waals surface area contributed by atoms with Crippen LogP contribution in [0.15, 0.2) is 30.3 Å². The molecule has 0 saturated carbocycles. The molecule has 0 aliphatic heterocycles. The predicted octanol–water partition coefficient (Wildman–Crippen LogP) is 0.750. The molecular formula is C17H25N3O3. The molecule has 0 saturated heterocycles. The Hall–Kier alpha value is -2.37. The Morgan fingerprint density at radius 2 is 1.74 bits per heavy atom. The summed E-state index contributed by atoms with van der Waals surface area (Å²) in [6, 6.07) is 7.86. The minimum atomic E-state index is -0.750. The van der Waals surface area contributed by atoms with Gasteiger partial charge in [0.2, 0.25) is 17.7 Å². The number of nitrogens with one attached hydrogen (secondary N) is 2. The minimum Gasteiger partial charge on any atom is -0.368 e. The molecule has 0 radical (unpaired) electrons. The van der Waals surface area contributed by atoms with Gasteiger partial charge in [-0.25, -0.2) is 0 Å². The standard InChI is InChI=1S/C17H25N3O3/c1-4-11(2)15(16(18)22)20-17(23)14(19-12(3)21)10-13-8-6-5-7-9-13/h5-9,11,14-15H,4,10H2,1-3H3,(H2,18,22)(H,19,21)(H,20,23)/t11-,14+,15+/m1/s1. The molecule has 6 heteroatoms. The molecule has 4 N–H and O–H groups in total. The maximum atomic E-state index is 12.5. The van der Waals surface area contributed by atoms with E-state index >= 15 is 0 Å². The number of carbonyl (C=O) groups excluding carboxylic acids is 3. The molecule has 0 aliphatic rings. The molecule has 0 fully saturated rings. The maximum absolute atomic E-state index is 12.5. The maximum Gasteiger partial charge on any atom is 0.243 e. The summed E-state index contributed by atoms with van der Waals surface area (Å²) in [7, 11) is 0. The highest BCUT2D eigenvalue weighted by atomic mass is 16.2. The lowest BCUT2D eigenvalue weighted by Gasteiger charge is -2.24. The van der Waals surface area contributed by atoms with E-state index in [0.29, 0.717) is 12.8 Å². The van der Waals surface area contributed by atoms with Crippen molar-refractivity contribution in [2.24, 2.45) is 11.7 Å². The van der Waals surface area contributed by atoms with Crippen LogP contribution in [0.25, 0.3) is 0 Å². The third kappa shape index (κ3) is 6.10. The number of carbonyl (C=O) groups is 3. The van der Waals surface area contributed by atoms with Crippen LogP contribution in [0.3, 0.4) is 0 Å². The van der Waals surface area contributed by atoms with Crippen molar-refractivity contribution in [3.8, 4) is 0 Å². The predicted molar refractivity (Wildman–Crippen MR) is 88.3 cm³/mol. The number of amides is 3. The van der Waals surface area contributed by atoms with Crippen LogP contribution in [0.4, 0.5) is 0 Å². The molecule has 3 atom stereocenters. The van der Waals surface area contributed by atoms with Gasteiger partial charge in [0.1, 0.15) is 12.1 Å². The monoisotopic (exact) mass is 319 g/mol. The van der Waals surface area contributed by atoms with Crippen molar-refractivity contribution < 1.29 is 14.4 Å². The van der Waals surface area contributed by atoms with Crippen molar-refractivity contribution in [1.29, 1.82) is 0 Å². The SMILES string of the molecule is CC[C@@H](C)[C@H](NC(=O)[C@H](Cc1ccccc1)NC(C)=O)C(N)=O. The molecule has 1 aromatic carbocycles. The summed E-state index contributed by atoms with van der Waals surface area (Å²) in [6.45, 7) is 5.12. The number of nitrogens with two attached hydrogens (primary N) is 1. The molecule has 0 aromatic heterocycles. The van der Waals surface area contributed by atoms with E-state index in [9.17, 15) is 14.4 Å². The summed E-state index contributed by atoms with van der Waals surface area (Å²) in [6.07, 6.45) is 1.05. The van der Waals surface area contributed by atoms with Crippen LogP contribution in [-0.4, -0.2) is 29.8 Å². The second-order valence-electron chi connectivity index (χ2n) is 5.72. The van der Waals surface area contributed by atoms with Crippen molar-refractivity contribution in [2.45, 2.75) is 45.7 Å². The summed E-state index contributed by atoms with van der Waals surface area (Å²) in [5, 5.41) is 5.29. The van der Waals surface area contributed by atoms with Gasteiger partial charge in [-0.15, -0.1) is 0 Å². The van der Waals surface area contributed by atoms with Crippen LogP contribution in [0.2, 0.25) is 0 Å². The van der Waals surface area contributed by atoms with Crippen molar-refractivity contribution in [3.63, 3.8) is 0 Å². The van der Waals surface area contributed by atoms with Gasteiger partial charge in [-0.3, -0.25) is 14.4 Å². The second kappa shape index (κ2) is 8.92. The summed E-state index contributed by atoms with van der Waals surface area (Å²) >= 11 is 0. The Morgan fingerprint density at radius 1 is 1.13 bits per heavy atom. The Kier molecular flexibility index (Phi) is 7.25. The number of rotatable bonds is 8. The normalized spacial score (nSPS) is 14.4. The highest BCUT2D eigenvalue weighted by Gasteiger charge is 2.28. The van der Waals surface area contributed by atoms with Gasteiger partial charge in [0.05, 0.1) is 0 Å². The Morgan fingerprint density at radius 3 is 2.22 bits per heavy atom. The van der Waals surface area contributed by atoms with E-state index in [1.807, 2.05) is 44.2 Å². The van der Waals surface area contributed by atoms with Gasteiger partial charge >= 0.3 is 0 Å². The average molecular weight is 319 g/mol. The third-order valence-electron chi connectivity index (χ3n) is 3.79. The van der Waals surface area contributed by atoms with Crippen molar-refractivity contribution >= 4 is 17.7 Å². The van der Waals surface area contributed by atoms with Crippen LogP contribution in [-0.2, 0) is 20.8 Å². The molecule has 1 aromatic rings. The summed E-state index contributed by atoms with van der Waals surface area (Å²) < 4.78 is 0. The largest absolute Gasteiger partial charge is 0.368 e. The van der Waals surface area contributed by atoms with E-state index < -0.39 is 23.9 Å². The molecule has 0 aliphatic carbocycles. The first-order chi connectivity index (χ1) is 10.8. The van der Waals surface area contributed by atoms with Gasteiger partial charge in [-0.1, -0.05) is 50.6 Å². The van der Waals surface area contributed by atoms with Gasteiger partial charge in [-0.05, 0) is 11.5 Å². The zero-order valence-corrected chi connectivity index (χ0v) is 13.8. The molecule has 6 nitrogen and oxygen atoms in total. The number of hydrogen-bond acceptors (Lipinski definition) is 3. The van der Waals surface area contributed by atoms with E-state index in [1.165, 1.54) is 6.92 Å². The molecule has 0 heterocycles. The molecule has 0 bridgehead atoms. The van der Waals surface area contributed by atoms with E-state index in [2.05, 4.69) is 10.6 Å². The smallest absolute Gasteiger partial charge is 0.243 e. The van der Waals surface area contributed by atoms with Crippen LogP contribution in [0, 0.1) is 5.92 Å². The molecule has 23 heavy (non-hydrogen) atoms. The number of benzene rings is 1. The summed E-state index contributed by atoms with van der Waals surface area (Å²) in [5.74, 6) is -1.37. The van der Waals surface area contributed by atoms with Gasteiger partial charge in [0.15, 0.2) is 0 Å². The first kappa shape index (κ1) is 18.7. The topological polar surface area (TPSA) is 101 Å². The highest BCUT2D eigenvalue weighted by Crippen LogP contribution is 2.09. The Balaban J connectivity index is 2.86. The summed E-state index contributed by atoms with van der Waals surface area (Å²) in [4.78, 5) is 35.4. The Labute approximate surface area is 136 Å². The van der Waals surface area contributed by atoms with E-state index in [0.717, 1.165) is 5.56 Å². The molecular weight excluding hydrogens is 294 g/mol. The van der Waals surface area contributed by atoms with E-state index in [4.69, 9.17) is 5.73 Å². The molecule has 0 spiro atoms. The zero-order valence-electron chi connectivity index (χ0n) is 13.8. The zero-order chi connectivity index (χ0) is 17.4. The van der Waals surface area contributed by atoms with Crippen LogP contribution >= 0.6 is 0 Å². The fourth-order valence-electron chi connectivity index (χ4n) is 2.29. The van der Waals surface area contributed by atoms with Crippen LogP contribution < -0.4 is 16.4 Å². The molecule has 0 unspecified atom stereocenters. The van der Waals surface area contributed by atoms with Gasteiger partial charge < -0.3 is 16.4 Å². The van der Waals surface area contributed by atoms with Gasteiger partial charge in [0.25, 0.3) is 0 Å². The van der Waals surface area contributed by atoms with E-state index in [1.54, 1.807) is 0 Å². The lowest BCUT2D eigenvalue weighted by molar-refractivity contribution is -0.131. The van der Waals surface area contributed by atoms with Crippen molar-refractivity contribution in [3.05, 3.63) is 35.9 Å². The summed E-state index contributed by atoms with van der Waals surface area (Å²) in [5.41, 5.74) is 6.29. The van der Waals surface area contributed by atoms with Gasteiger partial charge in [-0.2, -0.15) is 0 Å². The lowest BCUT2D eigenvalue weighted by atomic mass is 9.97. The van der Waals surface area contributed by atoms with Crippen molar-refractivity contribution in [1.82, 2.24) is 10.6 Å². The van der Waals surface area contributed by atoms with Crippen molar-refractivity contribution in [2.75, 3.05) is 0 Å². The molecule has 126 valence electrons. The van der Waals surface area contributed by atoms with Crippen LogP contribution in [0.5, 0.6) is 0 Å². The lowest BCUT2D eigenvalue weighted by Crippen LogP contribution is -2.55. The fourth-order valence-corrected chi connectivity index (χ4v) is 2.29. The molecule has 1 rings (SSSR count). The molecule has 3 amide bonds. The van der Waals surface area contributed by atoms with E-state index in [-0.39, 0.29) is 11.8 Å². The second-order valence-corrected chi connectivity index (χ2v) is 5.72. The fraction of sp³-hybridized carbons (Fsp3) is 0.471. The first-order valence-corrected chi connectivity index (χ1v) is 7.75. The number of hydrogen-bond donors (Lipinski definition) is 3. The highest BCUT2D eigenvalue weighted by molar-refractivity contribution is 5.91. The minimum absolute atomic E-state index is 0.0776. The van der Waals surface area contributed by atoms with Crippen LogP contribution in [0.1, 0.15) is 32.8 Å². The third-order valence-corrected chi connectivity index (χ3v) is 3.79. The quantitative estimate of drug-likeness (QED) is 0.659. The first-order valence-electron chi connectivity index (χ1n) is 7.75. The Bertz CT molecular complexity index is 545. The average Bonchev–Trinajstić information content (AvgIpc) is 2.51. The van der Waals surface area contributed by atoms with Gasteiger partial charge in [0, 0.05) is 13.3 Å².